The molecule has 2 aliphatic rings. The minimum absolute atomic E-state index is 0.0121. The number of rotatable bonds is 1. The number of carbonyl (C=O) groups excluding carboxylic acids is 1. The Labute approximate surface area is 148 Å². The van der Waals surface area contributed by atoms with Crippen LogP contribution in [0.1, 0.15) is 23.1 Å². The molecule has 2 heterocycles. The minimum atomic E-state index is -4.36. The van der Waals surface area contributed by atoms with E-state index in [0.717, 1.165) is 16.5 Å². The van der Waals surface area contributed by atoms with Gasteiger partial charge in [0.05, 0.1) is 10.8 Å². The second-order valence-corrected chi connectivity index (χ2v) is 7.60. The Bertz CT molecular complexity index is 809. The number of benzene rings is 2. The van der Waals surface area contributed by atoms with E-state index < -0.39 is 11.7 Å². The van der Waals surface area contributed by atoms with E-state index in [4.69, 9.17) is 0 Å². The summed E-state index contributed by atoms with van der Waals surface area (Å²) in [5, 5.41) is -0.203. The molecule has 0 saturated heterocycles. The van der Waals surface area contributed by atoms with Crippen LogP contribution in [0, 0.1) is 0 Å². The number of hydrogen-bond donors (Lipinski definition) is 0. The van der Waals surface area contributed by atoms with E-state index in [1.54, 1.807) is 16.7 Å². The summed E-state index contributed by atoms with van der Waals surface area (Å²) in [6.07, 6.45) is -2.43. The lowest BCUT2D eigenvalue weighted by atomic mass is 9.98. The van der Waals surface area contributed by atoms with Crippen molar-refractivity contribution in [2.75, 3.05) is 11.4 Å². The summed E-state index contributed by atoms with van der Waals surface area (Å²) in [5.74, 6) is -0.0121. The van der Waals surface area contributed by atoms with Gasteiger partial charge in [-0.3, -0.25) is 4.79 Å². The normalized spacial score (nSPS) is 19.5. The molecule has 0 aromatic heterocycles. The highest BCUT2D eigenvalue weighted by Crippen LogP contribution is 2.40. The highest BCUT2D eigenvalue weighted by molar-refractivity contribution is 8.01. The van der Waals surface area contributed by atoms with Crippen LogP contribution in [0.2, 0.25) is 0 Å². The van der Waals surface area contributed by atoms with Crippen LogP contribution in [-0.2, 0) is 23.8 Å². The third-order valence-electron chi connectivity index (χ3n) is 4.71. The molecule has 0 N–H and O–H groups in total. The van der Waals surface area contributed by atoms with Crippen molar-refractivity contribution < 1.29 is 18.0 Å². The van der Waals surface area contributed by atoms with Gasteiger partial charge in [0.1, 0.15) is 0 Å². The van der Waals surface area contributed by atoms with E-state index in [2.05, 4.69) is 0 Å². The van der Waals surface area contributed by atoms with Gasteiger partial charge in [-0.25, -0.2) is 0 Å². The number of amides is 1. The molecule has 0 aliphatic carbocycles. The largest absolute Gasteiger partial charge is 0.416 e. The minimum Gasteiger partial charge on any atom is -0.311 e. The summed E-state index contributed by atoms with van der Waals surface area (Å²) in [6, 6.07) is 11.6. The van der Waals surface area contributed by atoms with Crippen LogP contribution in [0.5, 0.6) is 0 Å². The Morgan fingerprint density at radius 1 is 1.12 bits per heavy atom. The maximum absolute atomic E-state index is 13.0. The van der Waals surface area contributed by atoms with Crippen LogP contribution in [0.3, 0.4) is 0 Å². The number of aryl methyl sites for hydroxylation is 1. The Morgan fingerprint density at radius 3 is 2.68 bits per heavy atom. The van der Waals surface area contributed by atoms with Gasteiger partial charge >= 0.3 is 6.18 Å². The summed E-state index contributed by atoms with van der Waals surface area (Å²) in [4.78, 5) is 15.8. The zero-order chi connectivity index (χ0) is 17.6. The number of fused-ring (bicyclic) bond motifs is 2. The van der Waals surface area contributed by atoms with Crippen molar-refractivity contribution >= 4 is 23.4 Å². The Hall–Kier alpha value is -1.95. The van der Waals surface area contributed by atoms with Crippen molar-refractivity contribution in [2.45, 2.75) is 35.6 Å². The van der Waals surface area contributed by atoms with Crippen molar-refractivity contribution in [3.05, 3.63) is 59.2 Å². The molecule has 2 nitrogen and oxygen atoms in total. The molecule has 2 aliphatic heterocycles. The predicted octanol–water partition coefficient (Wildman–Crippen LogP) is 4.70. The lowest BCUT2D eigenvalue weighted by molar-refractivity contribution is -0.137. The molecular formula is C19H16F3NOS. The molecule has 0 unspecified atom stereocenters. The van der Waals surface area contributed by atoms with Gasteiger partial charge in [-0.15, -0.1) is 11.8 Å². The quantitative estimate of drug-likeness (QED) is 0.732. The average molecular weight is 363 g/mol. The van der Waals surface area contributed by atoms with E-state index in [9.17, 15) is 18.0 Å². The second-order valence-electron chi connectivity index (χ2n) is 6.35. The van der Waals surface area contributed by atoms with Gasteiger partial charge in [0.2, 0.25) is 5.91 Å². The summed E-state index contributed by atoms with van der Waals surface area (Å²) < 4.78 is 38.8. The molecule has 1 amide bonds. The van der Waals surface area contributed by atoms with E-state index in [1.807, 2.05) is 24.3 Å². The van der Waals surface area contributed by atoms with Gasteiger partial charge in [-0.1, -0.05) is 18.2 Å². The molecule has 130 valence electrons. The number of hydrogen-bond acceptors (Lipinski definition) is 2. The smallest absolute Gasteiger partial charge is 0.311 e. The third kappa shape index (κ3) is 3.03. The first-order valence-electron chi connectivity index (χ1n) is 8.19. The van der Waals surface area contributed by atoms with Gasteiger partial charge in [-0.2, -0.15) is 13.2 Å². The Balaban J connectivity index is 1.60. The molecule has 25 heavy (non-hydrogen) atoms. The fourth-order valence-corrected chi connectivity index (χ4v) is 4.75. The fraction of sp³-hybridized carbons (Fsp3) is 0.316. The maximum Gasteiger partial charge on any atom is 0.416 e. The molecule has 0 radical (unpaired) electrons. The molecule has 0 bridgehead atoms. The first kappa shape index (κ1) is 16.5. The first-order valence-corrected chi connectivity index (χ1v) is 9.07. The van der Waals surface area contributed by atoms with E-state index in [0.29, 0.717) is 37.1 Å². The van der Waals surface area contributed by atoms with E-state index in [1.165, 1.54) is 12.1 Å². The van der Waals surface area contributed by atoms with Crippen molar-refractivity contribution in [3.8, 4) is 0 Å². The van der Waals surface area contributed by atoms with E-state index >= 15 is 0 Å². The standard InChI is InChI=1S/C19H16F3NOS/c20-19(21,22)14-7-8-15-12(10-14)5-3-9-23(15)18(24)17-11-13-4-1-2-6-16(13)25-17/h1-2,4,6-8,10,17H,3,5,9,11H2/t17-/m1/s1. The highest BCUT2D eigenvalue weighted by atomic mass is 32.2. The first-order chi connectivity index (χ1) is 11.9. The molecule has 0 spiro atoms. The summed E-state index contributed by atoms with van der Waals surface area (Å²) in [5.41, 5.74) is 1.74. The molecule has 2 aromatic carbocycles. The zero-order valence-electron chi connectivity index (χ0n) is 13.3. The van der Waals surface area contributed by atoms with Gasteiger partial charge in [0.25, 0.3) is 0 Å². The molecule has 2 aromatic rings. The number of halogens is 3. The molecule has 0 saturated carbocycles. The van der Waals surface area contributed by atoms with Crippen molar-refractivity contribution in [2.24, 2.45) is 0 Å². The van der Waals surface area contributed by atoms with Crippen LogP contribution >= 0.6 is 11.8 Å². The lowest BCUT2D eigenvalue weighted by Gasteiger charge is -2.31. The highest BCUT2D eigenvalue weighted by Gasteiger charge is 2.35. The van der Waals surface area contributed by atoms with Crippen LogP contribution in [0.15, 0.2) is 47.4 Å². The van der Waals surface area contributed by atoms with E-state index in [-0.39, 0.29) is 11.2 Å². The maximum atomic E-state index is 13.0. The number of alkyl halides is 3. The van der Waals surface area contributed by atoms with Crippen molar-refractivity contribution in [3.63, 3.8) is 0 Å². The van der Waals surface area contributed by atoms with Crippen LogP contribution in [0.4, 0.5) is 18.9 Å². The Morgan fingerprint density at radius 2 is 1.92 bits per heavy atom. The lowest BCUT2D eigenvalue weighted by Crippen LogP contribution is -2.41. The number of nitrogens with zero attached hydrogens (tertiary/aromatic N) is 1. The number of anilines is 1. The second kappa shape index (κ2) is 6.09. The van der Waals surface area contributed by atoms with Crippen molar-refractivity contribution in [1.29, 1.82) is 0 Å². The Kier molecular flexibility index (Phi) is 4.02. The molecule has 6 heteroatoms. The summed E-state index contributed by atoms with van der Waals surface area (Å²) >= 11 is 1.55. The van der Waals surface area contributed by atoms with Crippen LogP contribution < -0.4 is 4.90 Å². The SMILES string of the molecule is O=C([C@H]1Cc2ccccc2S1)N1CCCc2cc(C(F)(F)F)ccc21. The topological polar surface area (TPSA) is 20.3 Å². The van der Waals surface area contributed by atoms with Crippen LogP contribution in [0.25, 0.3) is 0 Å². The predicted molar refractivity (Wildman–Crippen MR) is 91.9 cm³/mol. The monoisotopic (exact) mass is 363 g/mol. The molecule has 4 rings (SSSR count). The van der Waals surface area contributed by atoms with Crippen molar-refractivity contribution in [1.82, 2.24) is 0 Å². The number of thioether (sulfide) groups is 1. The van der Waals surface area contributed by atoms with Gasteiger partial charge in [-0.05, 0) is 54.7 Å². The third-order valence-corrected chi connectivity index (χ3v) is 6.02. The van der Waals surface area contributed by atoms with Crippen LogP contribution in [-0.4, -0.2) is 17.7 Å². The molecular weight excluding hydrogens is 347 g/mol. The average Bonchev–Trinajstić information content (AvgIpc) is 3.03. The summed E-state index contributed by atoms with van der Waals surface area (Å²) in [6.45, 7) is 0.560. The van der Waals surface area contributed by atoms with Gasteiger partial charge in [0, 0.05) is 17.1 Å². The fourth-order valence-electron chi connectivity index (χ4n) is 3.50. The van der Waals surface area contributed by atoms with Gasteiger partial charge < -0.3 is 4.90 Å². The molecule has 1 atom stereocenters. The van der Waals surface area contributed by atoms with Gasteiger partial charge in [0.15, 0.2) is 0 Å². The molecule has 0 fully saturated rings. The number of carbonyl (C=O) groups is 1. The summed E-state index contributed by atoms with van der Waals surface area (Å²) in [7, 11) is 0. The zero-order valence-corrected chi connectivity index (χ0v) is 14.2.